The van der Waals surface area contributed by atoms with Gasteiger partial charge in [-0.15, -0.1) is 11.8 Å². The number of thioether (sulfide) groups is 1. The van der Waals surface area contributed by atoms with Crippen LogP contribution in [-0.2, 0) is 4.79 Å². The van der Waals surface area contributed by atoms with Gasteiger partial charge in [0.05, 0.1) is 0 Å². The van der Waals surface area contributed by atoms with Gasteiger partial charge in [0.1, 0.15) is 0 Å². The van der Waals surface area contributed by atoms with Crippen LogP contribution in [0.4, 0.5) is 5.69 Å². The van der Waals surface area contributed by atoms with E-state index in [1.807, 2.05) is 24.3 Å². The van der Waals surface area contributed by atoms with Crippen molar-refractivity contribution in [2.75, 3.05) is 11.6 Å². The van der Waals surface area contributed by atoms with Gasteiger partial charge in [-0.05, 0) is 68.0 Å². The van der Waals surface area contributed by atoms with Crippen molar-refractivity contribution in [3.05, 3.63) is 24.3 Å². The molecule has 114 valence electrons. The van der Waals surface area contributed by atoms with Crippen molar-refractivity contribution in [3.8, 4) is 0 Å². The maximum atomic E-state index is 12.5. The van der Waals surface area contributed by atoms with Crippen LogP contribution in [0.5, 0.6) is 0 Å². The fourth-order valence-electron chi connectivity index (χ4n) is 3.92. The zero-order valence-electron chi connectivity index (χ0n) is 12.5. The highest BCUT2D eigenvalue weighted by atomic mass is 32.2. The lowest BCUT2D eigenvalue weighted by molar-refractivity contribution is -0.122. The number of amides is 1. The van der Waals surface area contributed by atoms with Crippen molar-refractivity contribution < 1.29 is 4.79 Å². The second-order valence-corrected chi connectivity index (χ2v) is 7.29. The molecule has 2 unspecified atom stereocenters. The summed E-state index contributed by atoms with van der Waals surface area (Å²) in [6, 6.07) is 8.39. The van der Waals surface area contributed by atoms with Crippen LogP contribution in [0.25, 0.3) is 0 Å². The summed E-state index contributed by atoms with van der Waals surface area (Å²) >= 11 is 1.71. The molecule has 2 saturated carbocycles. The molecular formula is C17H24N2OS. The Balaban J connectivity index is 1.62. The van der Waals surface area contributed by atoms with E-state index in [2.05, 4.69) is 11.6 Å². The molecule has 1 aromatic rings. The summed E-state index contributed by atoms with van der Waals surface area (Å²) in [7, 11) is 0. The number of rotatable bonds is 3. The fourth-order valence-corrected chi connectivity index (χ4v) is 4.33. The first-order valence-electron chi connectivity index (χ1n) is 7.88. The van der Waals surface area contributed by atoms with E-state index < -0.39 is 0 Å². The Morgan fingerprint density at radius 1 is 1.19 bits per heavy atom. The minimum atomic E-state index is 0.139. The first kappa shape index (κ1) is 14.9. The molecule has 3 N–H and O–H groups in total. The molecule has 3 nitrogen and oxygen atoms in total. The van der Waals surface area contributed by atoms with Crippen LogP contribution in [0, 0.1) is 17.8 Å². The monoisotopic (exact) mass is 304 g/mol. The molecule has 0 aromatic heterocycles. The number of carbonyl (C=O) groups is 1. The lowest BCUT2D eigenvalue weighted by Crippen LogP contribution is -2.48. The Morgan fingerprint density at radius 2 is 1.81 bits per heavy atom. The SMILES string of the molecule is CSc1ccc(NC(=O)C2CC3CCCC(C2)C3N)cc1. The van der Waals surface area contributed by atoms with Gasteiger partial charge in [-0.1, -0.05) is 6.42 Å². The van der Waals surface area contributed by atoms with E-state index in [0.717, 1.165) is 18.5 Å². The van der Waals surface area contributed by atoms with Gasteiger partial charge in [-0.25, -0.2) is 0 Å². The van der Waals surface area contributed by atoms with Gasteiger partial charge < -0.3 is 11.1 Å². The number of anilines is 1. The largest absolute Gasteiger partial charge is 0.327 e. The topological polar surface area (TPSA) is 55.1 Å². The zero-order valence-corrected chi connectivity index (χ0v) is 13.4. The van der Waals surface area contributed by atoms with Crippen molar-refractivity contribution in [1.29, 1.82) is 0 Å². The number of carbonyl (C=O) groups excluding carboxylic acids is 1. The lowest BCUT2D eigenvalue weighted by Gasteiger charge is -2.43. The van der Waals surface area contributed by atoms with Crippen LogP contribution in [0.3, 0.4) is 0 Å². The summed E-state index contributed by atoms with van der Waals surface area (Å²) in [5.41, 5.74) is 7.20. The molecule has 0 heterocycles. The molecule has 0 aliphatic heterocycles. The van der Waals surface area contributed by atoms with Crippen LogP contribution in [0.15, 0.2) is 29.2 Å². The molecule has 2 bridgehead atoms. The van der Waals surface area contributed by atoms with E-state index >= 15 is 0 Å². The van der Waals surface area contributed by atoms with Crippen LogP contribution in [0.2, 0.25) is 0 Å². The number of hydrogen-bond donors (Lipinski definition) is 2. The molecule has 2 aliphatic rings. The van der Waals surface area contributed by atoms with Gasteiger partial charge in [0.15, 0.2) is 0 Å². The van der Waals surface area contributed by atoms with Crippen LogP contribution >= 0.6 is 11.8 Å². The molecule has 2 fully saturated rings. The predicted molar refractivity (Wildman–Crippen MR) is 88.4 cm³/mol. The number of hydrogen-bond acceptors (Lipinski definition) is 3. The van der Waals surface area contributed by atoms with E-state index in [1.54, 1.807) is 11.8 Å². The average molecular weight is 304 g/mol. The molecule has 21 heavy (non-hydrogen) atoms. The van der Waals surface area contributed by atoms with Crippen LogP contribution in [0.1, 0.15) is 32.1 Å². The molecule has 0 spiro atoms. The van der Waals surface area contributed by atoms with E-state index in [1.165, 1.54) is 24.2 Å². The third-order valence-electron chi connectivity index (χ3n) is 5.14. The van der Waals surface area contributed by atoms with Gasteiger partial charge in [0.2, 0.25) is 5.91 Å². The van der Waals surface area contributed by atoms with Crippen molar-refractivity contribution in [2.24, 2.45) is 23.5 Å². The molecule has 1 aromatic carbocycles. The molecule has 0 radical (unpaired) electrons. The van der Waals surface area contributed by atoms with E-state index in [-0.39, 0.29) is 11.8 Å². The minimum Gasteiger partial charge on any atom is -0.327 e. The second-order valence-electron chi connectivity index (χ2n) is 6.41. The zero-order chi connectivity index (χ0) is 14.8. The summed E-state index contributed by atoms with van der Waals surface area (Å²) in [6.07, 6.45) is 7.66. The third-order valence-corrected chi connectivity index (χ3v) is 5.88. The van der Waals surface area contributed by atoms with E-state index in [4.69, 9.17) is 5.73 Å². The van der Waals surface area contributed by atoms with Crippen LogP contribution < -0.4 is 11.1 Å². The van der Waals surface area contributed by atoms with Crippen molar-refractivity contribution in [2.45, 2.75) is 43.0 Å². The van der Waals surface area contributed by atoms with Gasteiger partial charge in [-0.2, -0.15) is 0 Å². The summed E-state index contributed by atoms with van der Waals surface area (Å²) in [5.74, 6) is 1.41. The maximum Gasteiger partial charge on any atom is 0.227 e. The maximum absolute atomic E-state index is 12.5. The quantitative estimate of drug-likeness (QED) is 0.840. The molecule has 2 atom stereocenters. The Bertz CT molecular complexity index is 488. The fraction of sp³-hybridized carbons (Fsp3) is 0.588. The first-order valence-corrected chi connectivity index (χ1v) is 9.10. The van der Waals surface area contributed by atoms with E-state index in [9.17, 15) is 4.79 Å². The smallest absolute Gasteiger partial charge is 0.227 e. The standard InChI is InChI=1S/C17H24N2OS/c1-21-15-7-5-14(6-8-15)19-17(20)13-9-11-3-2-4-12(10-13)16(11)18/h5-8,11-13,16H,2-4,9-10,18H2,1H3,(H,19,20). The Hall–Kier alpha value is -1.00. The molecule has 2 aliphatic carbocycles. The van der Waals surface area contributed by atoms with Gasteiger partial charge >= 0.3 is 0 Å². The normalized spacial score (nSPS) is 31.7. The third kappa shape index (κ3) is 3.27. The van der Waals surface area contributed by atoms with Gasteiger partial charge in [0.25, 0.3) is 0 Å². The molecule has 3 rings (SSSR count). The number of benzene rings is 1. The number of fused-ring (bicyclic) bond motifs is 2. The van der Waals surface area contributed by atoms with Crippen molar-refractivity contribution >= 4 is 23.4 Å². The summed E-state index contributed by atoms with van der Waals surface area (Å²) in [6.45, 7) is 0. The minimum absolute atomic E-state index is 0.139. The Kier molecular flexibility index (Phi) is 4.55. The second kappa shape index (κ2) is 6.41. The van der Waals surface area contributed by atoms with Crippen LogP contribution in [-0.4, -0.2) is 18.2 Å². The molecule has 0 saturated heterocycles. The highest BCUT2D eigenvalue weighted by Gasteiger charge is 2.40. The van der Waals surface area contributed by atoms with Crippen molar-refractivity contribution in [1.82, 2.24) is 0 Å². The number of nitrogens with two attached hydrogens (primary N) is 1. The Labute approximate surface area is 131 Å². The lowest BCUT2D eigenvalue weighted by atomic mass is 9.65. The predicted octanol–water partition coefficient (Wildman–Crippen LogP) is 3.50. The highest BCUT2D eigenvalue weighted by Crippen LogP contribution is 2.42. The summed E-state index contributed by atoms with van der Waals surface area (Å²) in [5, 5.41) is 3.08. The summed E-state index contributed by atoms with van der Waals surface area (Å²) < 4.78 is 0. The summed E-state index contributed by atoms with van der Waals surface area (Å²) in [4.78, 5) is 13.7. The molecular weight excluding hydrogens is 280 g/mol. The average Bonchev–Trinajstić information content (AvgIpc) is 2.47. The first-order chi connectivity index (χ1) is 10.2. The van der Waals surface area contributed by atoms with Gasteiger partial charge in [0, 0.05) is 22.5 Å². The van der Waals surface area contributed by atoms with Gasteiger partial charge in [-0.3, -0.25) is 4.79 Å². The Morgan fingerprint density at radius 3 is 2.38 bits per heavy atom. The van der Waals surface area contributed by atoms with E-state index in [0.29, 0.717) is 17.9 Å². The molecule has 4 heteroatoms. The molecule has 1 amide bonds. The van der Waals surface area contributed by atoms with Crippen molar-refractivity contribution in [3.63, 3.8) is 0 Å². The highest BCUT2D eigenvalue weighted by molar-refractivity contribution is 7.98. The number of nitrogens with one attached hydrogen (secondary N) is 1.